The van der Waals surface area contributed by atoms with Gasteiger partial charge in [-0.25, -0.2) is 9.37 Å². The Hall–Kier alpha value is -3.01. The van der Waals surface area contributed by atoms with Crippen molar-refractivity contribution in [3.8, 4) is 0 Å². The minimum atomic E-state index is -0.224. The van der Waals surface area contributed by atoms with Gasteiger partial charge in [0.2, 0.25) is 0 Å². The normalized spacial score (nSPS) is 11.2. The molecule has 0 bridgehead atoms. The number of aryl methyl sites for hydroxylation is 1. The first-order valence-corrected chi connectivity index (χ1v) is 7.76. The summed E-state index contributed by atoms with van der Waals surface area (Å²) in [5.74, 6) is -0.224. The van der Waals surface area contributed by atoms with Gasteiger partial charge in [0.25, 0.3) is 0 Å². The van der Waals surface area contributed by atoms with E-state index in [2.05, 4.69) is 9.55 Å². The molecular weight excluding hydrogens is 303 g/mol. The van der Waals surface area contributed by atoms with E-state index in [1.807, 2.05) is 37.3 Å². The molecule has 0 radical (unpaired) electrons. The Morgan fingerprint density at radius 3 is 2.62 bits per heavy atom. The lowest BCUT2D eigenvalue weighted by molar-refractivity contribution is 0.111. The largest absolute Gasteiger partial charge is 0.334 e. The molecule has 0 N–H and O–H groups in total. The predicted molar refractivity (Wildman–Crippen MR) is 92.9 cm³/mol. The minimum Gasteiger partial charge on any atom is -0.334 e. The molecule has 4 rings (SSSR count). The molecule has 0 aliphatic rings. The summed E-state index contributed by atoms with van der Waals surface area (Å²) in [7, 11) is 0. The number of carbonyl (C=O) groups excluding carboxylic acids is 1. The standard InChI is InChI=1S/C20H15FN2O/c1-13-20-17(10-15(12-24)22-13)16-7-3-5-9-19(16)23(20)11-14-6-2-4-8-18(14)21/h2-10,12H,11H2,1H3. The Bertz CT molecular complexity index is 1080. The van der Waals surface area contributed by atoms with Gasteiger partial charge in [0.1, 0.15) is 11.5 Å². The first-order chi connectivity index (χ1) is 11.7. The van der Waals surface area contributed by atoms with Gasteiger partial charge in [0, 0.05) is 21.9 Å². The van der Waals surface area contributed by atoms with Crippen LogP contribution in [0.5, 0.6) is 0 Å². The number of hydrogen-bond acceptors (Lipinski definition) is 2. The highest BCUT2D eigenvalue weighted by Crippen LogP contribution is 2.31. The lowest BCUT2D eigenvalue weighted by Gasteiger charge is -2.10. The van der Waals surface area contributed by atoms with Crippen molar-refractivity contribution >= 4 is 28.1 Å². The van der Waals surface area contributed by atoms with E-state index >= 15 is 0 Å². The number of benzene rings is 2. The molecule has 0 unspecified atom stereocenters. The second kappa shape index (κ2) is 5.57. The Morgan fingerprint density at radius 2 is 1.83 bits per heavy atom. The lowest BCUT2D eigenvalue weighted by Crippen LogP contribution is -2.03. The van der Waals surface area contributed by atoms with Crippen LogP contribution in [-0.2, 0) is 6.54 Å². The van der Waals surface area contributed by atoms with E-state index < -0.39 is 0 Å². The average Bonchev–Trinajstić information content (AvgIpc) is 2.91. The number of nitrogens with zero attached hydrogens (tertiary/aromatic N) is 2. The second-order valence-electron chi connectivity index (χ2n) is 5.84. The SMILES string of the molecule is Cc1nc(C=O)cc2c3ccccc3n(Cc3ccccc3F)c12. The van der Waals surface area contributed by atoms with Gasteiger partial charge in [0.15, 0.2) is 6.29 Å². The van der Waals surface area contributed by atoms with Crippen LogP contribution < -0.4 is 0 Å². The summed E-state index contributed by atoms with van der Waals surface area (Å²) in [4.78, 5) is 15.5. The van der Waals surface area contributed by atoms with E-state index in [0.29, 0.717) is 17.8 Å². The van der Waals surface area contributed by atoms with Crippen molar-refractivity contribution in [1.29, 1.82) is 0 Å². The molecule has 2 heterocycles. The summed E-state index contributed by atoms with van der Waals surface area (Å²) in [5.41, 5.74) is 3.74. The van der Waals surface area contributed by atoms with Gasteiger partial charge in [-0.15, -0.1) is 0 Å². The van der Waals surface area contributed by atoms with Crippen molar-refractivity contribution in [3.05, 3.63) is 77.4 Å². The van der Waals surface area contributed by atoms with Crippen LogP contribution in [0.2, 0.25) is 0 Å². The fourth-order valence-corrected chi connectivity index (χ4v) is 3.31. The van der Waals surface area contributed by atoms with Crippen LogP contribution in [0.15, 0.2) is 54.6 Å². The molecule has 118 valence electrons. The summed E-state index contributed by atoms with van der Waals surface area (Å²) in [5, 5.41) is 2.01. The number of aromatic nitrogens is 2. The maximum atomic E-state index is 14.1. The van der Waals surface area contributed by atoms with E-state index in [4.69, 9.17) is 0 Å². The van der Waals surface area contributed by atoms with Crippen molar-refractivity contribution in [2.45, 2.75) is 13.5 Å². The molecule has 0 amide bonds. The van der Waals surface area contributed by atoms with E-state index in [9.17, 15) is 9.18 Å². The summed E-state index contributed by atoms with van der Waals surface area (Å²) in [6, 6.07) is 16.5. The zero-order valence-electron chi connectivity index (χ0n) is 13.2. The Labute approximate surface area is 138 Å². The van der Waals surface area contributed by atoms with Crippen molar-refractivity contribution < 1.29 is 9.18 Å². The van der Waals surface area contributed by atoms with E-state index in [1.165, 1.54) is 6.07 Å². The van der Waals surface area contributed by atoms with Crippen LogP contribution in [0.1, 0.15) is 21.7 Å². The van der Waals surface area contributed by atoms with E-state index in [1.54, 1.807) is 18.2 Å². The van der Waals surface area contributed by atoms with Crippen molar-refractivity contribution in [3.63, 3.8) is 0 Å². The summed E-state index contributed by atoms with van der Waals surface area (Å²) in [6.07, 6.45) is 0.759. The molecule has 3 nitrogen and oxygen atoms in total. The molecule has 2 aromatic heterocycles. The van der Waals surface area contributed by atoms with Gasteiger partial charge in [0.05, 0.1) is 17.8 Å². The molecule has 24 heavy (non-hydrogen) atoms. The zero-order valence-corrected chi connectivity index (χ0v) is 13.2. The highest BCUT2D eigenvalue weighted by atomic mass is 19.1. The van der Waals surface area contributed by atoms with Gasteiger partial charge >= 0.3 is 0 Å². The van der Waals surface area contributed by atoms with Crippen molar-refractivity contribution in [2.75, 3.05) is 0 Å². The van der Waals surface area contributed by atoms with Crippen LogP contribution in [0.4, 0.5) is 4.39 Å². The maximum Gasteiger partial charge on any atom is 0.168 e. The summed E-state index contributed by atoms with van der Waals surface area (Å²) < 4.78 is 16.2. The molecule has 0 spiro atoms. The summed E-state index contributed by atoms with van der Waals surface area (Å²) in [6.45, 7) is 2.30. The third-order valence-electron chi connectivity index (χ3n) is 4.35. The second-order valence-corrected chi connectivity index (χ2v) is 5.84. The Kier molecular flexibility index (Phi) is 3.38. The van der Waals surface area contributed by atoms with E-state index in [0.717, 1.165) is 33.8 Å². The molecular formula is C20H15FN2O. The molecule has 0 saturated carbocycles. The smallest absolute Gasteiger partial charge is 0.168 e. The number of hydrogen-bond donors (Lipinski definition) is 0. The van der Waals surface area contributed by atoms with Crippen LogP contribution in [0.3, 0.4) is 0 Å². The number of fused-ring (bicyclic) bond motifs is 3. The van der Waals surface area contributed by atoms with Gasteiger partial charge in [-0.1, -0.05) is 36.4 Å². The topological polar surface area (TPSA) is 34.9 Å². The fraction of sp³-hybridized carbons (Fsp3) is 0.100. The summed E-state index contributed by atoms with van der Waals surface area (Å²) >= 11 is 0. The number of halogens is 1. The zero-order chi connectivity index (χ0) is 16.7. The highest BCUT2D eigenvalue weighted by Gasteiger charge is 2.15. The Balaban J connectivity index is 2.06. The molecule has 0 aliphatic carbocycles. The molecule has 4 heteroatoms. The van der Waals surface area contributed by atoms with Gasteiger partial charge in [-0.05, 0) is 25.1 Å². The van der Waals surface area contributed by atoms with Crippen molar-refractivity contribution in [2.24, 2.45) is 0 Å². The van der Waals surface area contributed by atoms with Crippen LogP contribution in [0.25, 0.3) is 21.8 Å². The third kappa shape index (κ3) is 2.19. The fourth-order valence-electron chi connectivity index (χ4n) is 3.31. The first kappa shape index (κ1) is 14.6. The van der Waals surface area contributed by atoms with Crippen LogP contribution in [-0.4, -0.2) is 15.8 Å². The van der Waals surface area contributed by atoms with Gasteiger partial charge in [-0.3, -0.25) is 4.79 Å². The van der Waals surface area contributed by atoms with Crippen LogP contribution in [0, 0.1) is 12.7 Å². The average molecular weight is 318 g/mol. The molecule has 0 fully saturated rings. The first-order valence-electron chi connectivity index (χ1n) is 7.76. The van der Waals surface area contributed by atoms with Gasteiger partial charge in [-0.2, -0.15) is 0 Å². The number of pyridine rings is 1. The monoisotopic (exact) mass is 318 g/mol. The van der Waals surface area contributed by atoms with E-state index in [-0.39, 0.29) is 5.82 Å². The number of rotatable bonds is 3. The van der Waals surface area contributed by atoms with Crippen molar-refractivity contribution in [1.82, 2.24) is 9.55 Å². The minimum absolute atomic E-state index is 0.224. The maximum absolute atomic E-state index is 14.1. The molecule has 2 aromatic carbocycles. The number of para-hydroxylation sites is 1. The third-order valence-corrected chi connectivity index (χ3v) is 4.35. The quantitative estimate of drug-likeness (QED) is 0.521. The predicted octanol–water partition coefficient (Wildman–Crippen LogP) is 4.50. The molecule has 0 saturated heterocycles. The number of carbonyl (C=O) groups is 1. The van der Waals surface area contributed by atoms with Crippen LogP contribution >= 0.6 is 0 Å². The highest BCUT2D eigenvalue weighted by molar-refractivity contribution is 6.09. The number of aldehydes is 1. The molecule has 4 aromatic rings. The molecule has 0 atom stereocenters. The lowest BCUT2D eigenvalue weighted by atomic mass is 10.1. The molecule has 0 aliphatic heterocycles. The Morgan fingerprint density at radius 1 is 1.08 bits per heavy atom. The van der Waals surface area contributed by atoms with Gasteiger partial charge < -0.3 is 4.57 Å².